The van der Waals surface area contributed by atoms with Gasteiger partial charge in [-0.1, -0.05) is 59.1 Å². The van der Waals surface area contributed by atoms with E-state index in [1.807, 2.05) is 28.0 Å². The molecule has 1 aliphatic carbocycles. The van der Waals surface area contributed by atoms with Crippen LogP contribution < -0.4 is 10.6 Å². The average Bonchev–Trinajstić information content (AvgIpc) is 3.41. The van der Waals surface area contributed by atoms with Gasteiger partial charge in [-0.25, -0.2) is 4.79 Å². The molecule has 2 saturated heterocycles. The quantitative estimate of drug-likeness (QED) is 0.308. The van der Waals surface area contributed by atoms with Gasteiger partial charge < -0.3 is 20.4 Å². The Morgan fingerprint density at radius 3 is 2.07 bits per heavy atom. The Bertz CT molecular complexity index is 1540. The molecule has 2 N–H and O–H groups in total. The van der Waals surface area contributed by atoms with Gasteiger partial charge in [0.2, 0.25) is 0 Å². The first-order valence-corrected chi connectivity index (χ1v) is 15.8. The van der Waals surface area contributed by atoms with Gasteiger partial charge >= 0.3 is 6.03 Å². The number of carbonyl (C=O) groups excluding carboxylic acids is 3. The number of piperidine rings is 2. The molecule has 3 aromatic carbocycles. The number of nitrogens with one attached hydrogen (secondary N) is 2. The molecule has 1 spiro atoms. The van der Waals surface area contributed by atoms with Gasteiger partial charge in [0.05, 0.1) is 32.4 Å². The van der Waals surface area contributed by atoms with E-state index in [1.54, 1.807) is 42.5 Å². The van der Waals surface area contributed by atoms with E-state index >= 15 is 0 Å². The molecule has 0 radical (unpaired) electrons. The first kappa shape index (κ1) is 29.8. The molecule has 224 valence electrons. The van der Waals surface area contributed by atoms with Crippen molar-refractivity contribution in [2.75, 3.05) is 31.5 Å². The predicted octanol–water partition coefficient (Wildman–Crippen LogP) is 7.61. The summed E-state index contributed by atoms with van der Waals surface area (Å²) in [6.45, 7) is 2.66. The van der Waals surface area contributed by atoms with Gasteiger partial charge in [0.15, 0.2) is 0 Å². The molecule has 3 aliphatic rings. The Morgan fingerprint density at radius 2 is 1.40 bits per heavy atom. The summed E-state index contributed by atoms with van der Waals surface area (Å²) in [5, 5.41) is 7.21. The maximum Gasteiger partial charge on any atom is 0.321 e. The topological polar surface area (TPSA) is 81.8 Å². The predicted molar refractivity (Wildman–Crippen MR) is 170 cm³/mol. The van der Waals surface area contributed by atoms with Crippen LogP contribution in [-0.4, -0.2) is 53.8 Å². The number of nitrogens with zero attached hydrogens (tertiary/aromatic N) is 2. The molecule has 43 heavy (non-hydrogen) atoms. The maximum atomic E-state index is 13.6. The number of para-hydroxylation sites is 1. The first-order chi connectivity index (χ1) is 20.7. The average molecular weight is 640 g/mol. The second kappa shape index (κ2) is 12.4. The number of anilines is 1. The number of fused-ring (bicyclic) bond motifs is 1. The van der Waals surface area contributed by atoms with Crippen LogP contribution in [-0.2, 0) is 6.42 Å². The highest BCUT2D eigenvalue weighted by molar-refractivity contribution is 6.39. The number of halogens is 3. The fraction of sp³-hybridized carbons (Fsp3) is 0.364. The SMILES string of the molecule is O=C(NC1CCc2ccc(C(=O)N3CCC4(CCN(C(=O)Nc5c(Cl)cccc5Cl)CC4)CC3)cc21)c1ccccc1Cl. The summed E-state index contributed by atoms with van der Waals surface area (Å²) >= 11 is 18.7. The lowest BCUT2D eigenvalue weighted by atomic mass is 9.71. The summed E-state index contributed by atoms with van der Waals surface area (Å²) in [5.41, 5.74) is 3.82. The van der Waals surface area contributed by atoms with Crippen LogP contribution >= 0.6 is 34.8 Å². The Morgan fingerprint density at radius 1 is 0.767 bits per heavy atom. The highest BCUT2D eigenvalue weighted by atomic mass is 35.5. The van der Waals surface area contributed by atoms with Crippen molar-refractivity contribution in [3.63, 3.8) is 0 Å². The number of hydrogen-bond acceptors (Lipinski definition) is 3. The number of aryl methyl sites for hydroxylation is 1. The first-order valence-electron chi connectivity index (χ1n) is 14.7. The van der Waals surface area contributed by atoms with Crippen molar-refractivity contribution in [2.24, 2.45) is 5.41 Å². The third-order valence-electron chi connectivity index (χ3n) is 9.31. The van der Waals surface area contributed by atoms with Gasteiger partial charge in [0.1, 0.15) is 0 Å². The molecule has 1 atom stereocenters. The zero-order chi connectivity index (χ0) is 30.1. The lowest BCUT2D eigenvalue weighted by Crippen LogP contribution is -2.50. The number of amides is 4. The molecule has 4 amide bonds. The van der Waals surface area contributed by atoms with Crippen LogP contribution in [0.3, 0.4) is 0 Å². The molecule has 0 bridgehead atoms. The molecule has 1 unspecified atom stereocenters. The monoisotopic (exact) mass is 638 g/mol. The zero-order valence-corrected chi connectivity index (χ0v) is 25.9. The van der Waals surface area contributed by atoms with Crippen molar-refractivity contribution in [1.29, 1.82) is 0 Å². The largest absolute Gasteiger partial charge is 0.345 e. The number of carbonyl (C=O) groups is 3. The second-order valence-corrected chi connectivity index (χ2v) is 13.0. The van der Waals surface area contributed by atoms with E-state index in [0.717, 1.165) is 49.7 Å². The van der Waals surface area contributed by atoms with Crippen molar-refractivity contribution in [1.82, 2.24) is 15.1 Å². The number of benzene rings is 3. The van der Waals surface area contributed by atoms with Crippen molar-refractivity contribution < 1.29 is 14.4 Å². The van der Waals surface area contributed by atoms with Crippen LogP contribution in [0.2, 0.25) is 15.1 Å². The van der Waals surface area contributed by atoms with Crippen molar-refractivity contribution in [3.8, 4) is 0 Å². The molecule has 2 aliphatic heterocycles. The number of likely N-dealkylation sites (tertiary alicyclic amines) is 2. The summed E-state index contributed by atoms with van der Waals surface area (Å²) < 4.78 is 0. The van der Waals surface area contributed by atoms with Crippen molar-refractivity contribution in [3.05, 3.63) is 98.0 Å². The molecule has 2 fully saturated rings. The van der Waals surface area contributed by atoms with Gasteiger partial charge in [0, 0.05) is 31.7 Å². The number of hydrogen-bond donors (Lipinski definition) is 2. The third-order valence-corrected chi connectivity index (χ3v) is 10.3. The standard InChI is InChI=1S/C33H33Cl3N4O3/c34-25-5-2-1-4-23(25)30(41)37-28-11-10-21-8-9-22(20-24(21)28)31(42)39-16-12-33(13-17-39)14-18-40(19-15-33)32(43)38-29-26(35)6-3-7-27(29)36/h1-9,20,28H,10-19H2,(H,37,41)(H,38,43). The molecular formula is C33H33Cl3N4O3. The lowest BCUT2D eigenvalue weighted by Gasteiger charge is -2.46. The minimum absolute atomic E-state index is 0.0224. The van der Waals surface area contributed by atoms with E-state index < -0.39 is 0 Å². The van der Waals surface area contributed by atoms with Crippen LogP contribution in [0.1, 0.15) is 70.0 Å². The normalized spacial score (nSPS) is 19.2. The van der Waals surface area contributed by atoms with Gasteiger partial charge in [-0.05, 0) is 91.5 Å². The van der Waals surface area contributed by atoms with Crippen LogP contribution in [0.4, 0.5) is 10.5 Å². The second-order valence-electron chi connectivity index (χ2n) is 11.8. The molecule has 0 saturated carbocycles. The summed E-state index contributed by atoms with van der Waals surface area (Å²) in [5.74, 6) is -0.188. The summed E-state index contributed by atoms with van der Waals surface area (Å²) in [7, 11) is 0. The van der Waals surface area contributed by atoms with Gasteiger partial charge in [-0.3, -0.25) is 9.59 Å². The highest BCUT2D eigenvalue weighted by Gasteiger charge is 2.40. The molecule has 2 heterocycles. The van der Waals surface area contributed by atoms with Crippen LogP contribution in [0.15, 0.2) is 60.7 Å². The van der Waals surface area contributed by atoms with Crippen LogP contribution in [0.5, 0.6) is 0 Å². The summed E-state index contributed by atoms with van der Waals surface area (Å²) in [4.78, 5) is 43.1. The third kappa shape index (κ3) is 6.21. The number of urea groups is 1. The minimum Gasteiger partial charge on any atom is -0.345 e. The summed E-state index contributed by atoms with van der Waals surface area (Å²) in [6.07, 6.45) is 5.24. The van der Waals surface area contributed by atoms with E-state index in [4.69, 9.17) is 34.8 Å². The Labute approximate surface area is 266 Å². The number of rotatable bonds is 4. The minimum atomic E-state index is -0.210. The fourth-order valence-corrected chi connectivity index (χ4v) is 7.33. The van der Waals surface area contributed by atoms with Crippen molar-refractivity contribution in [2.45, 2.75) is 44.6 Å². The maximum absolute atomic E-state index is 13.6. The molecule has 10 heteroatoms. The van der Waals surface area contributed by atoms with Crippen LogP contribution in [0.25, 0.3) is 0 Å². The Kier molecular flexibility index (Phi) is 8.58. The molecular weight excluding hydrogens is 607 g/mol. The molecule has 7 nitrogen and oxygen atoms in total. The summed E-state index contributed by atoms with van der Waals surface area (Å²) in [6, 6.07) is 17.7. The molecule has 6 rings (SSSR count). The van der Waals surface area contributed by atoms with E-state index in [-0.39, 0.29) is 29.3 Å². The Hall–Kier alpha value is -3.26. The Balaban J connectivity index is 1.04. The van der Waals surface area contributed by atoms with Crippen molar-refractivity contribution >= 4 is 58.3 Å². The molecule has 0 aromatic heterocycles. The highest BCUT2D eigenvalue weighted by Crippen LogP contribution is 2.42. The zero-order valence-electron chi connectivity index (χ0n) is 23.7. The van der Waals surface area contributed by atoms with E-state index in [0.29, 0.717) is 58.1 Å². The van der Waals surface area contributed by atoms with E-state index in [9.17, 15) is 14.4 Å². The van der Waals surface area contributed by atoms with Gasteiger partial charge in [-0.2, -0.15) is 0 Å². The smallest absolute Gasteiger partial charge is 0.321 e. The van der Waals surface area contributed by atoms with Gasteiger partial charge in [-0.15, -0.1) is 0 Å². The van der Waals surface area contributed by atoms with Crippen LogP contribution in [0, 0.1) is 5.41 Å². The molecule has 3 aromatic rings. The van der Waals surface area contributed by atoms with E-state index in [2.05, 4.69) is 10.6 Å². The van der Waals surface area contributed by atoms with E-state index in [1.165, 1.54) is 0 Å². The van der Waals surface area contributed by atoms with Gasteiger partial charge in [0.25, 0.3) is 11.8 Å². The fourth-order valence-electron chi connectivity index (χ4n) is 6.62. The lowest BCUT2D eigenvalue weighted by molar-refractivity contribution is 0.0380.